The minimum atomic E-state index is -0.756. The average molecular weight is 752 g/mol. The number of rotatable bonds is 4. The molecule has 11 rings (SSSR count). The van der Waals surface area contributed by atoms with Crippen molar-refractivity contribution in [2.75, 3.05) is 0 Å². The van der Waals surface area contributed by atoms with E-state index >= 15 is 0 Å². The van der Waals surface area contributed by atoms with Crippen molar-refractivity contribution < 1.29 is 0 Å². The summed E-state index contributed by atoms with van der Waals surface area (Å²) in [6, 6.07) is 56.1. The Morgan fingerprint density at radius 2 is 1.03 bits per heavy atom. The van der Waals surface area contributed by atoms with Crippen LogP contribution in [0.2, 0.25) is 0 Å². The van der Waals surface area contributed by atoms with Crippen LogP contribution in [0, 0.1) is 0 Å². The van der Waals surface area contributed by atoms with Gasteiger partial charge < -0.3 is 0 Å². The molecule has 5 nitrogen and oxygen atoms in total. The zero-order valence-electron chi connectivity index (χ0n) is 33.8. The molecule has 0 saturated heterocycles. The molecule has 0 amide bonds. The summed E-state index contributed by atoms with van der Waals surface area (Å²) in [6.07, 6.45) is 1.94. The smallest absolute Gasteiger partial charge is 0.141 e. The first kappa shape index (κ1) is 34.5. The van der Waals surface area contributed by atoms with E-state index in [1.165, 1.54) is 55.1 Å². The van der Waals surface area contributed by atoms with Crippen molar-refractivity contribution >= 4 is 43.7 Å². The lowest BCUT2D eigenvalue weighted by molar-refractivity contribution is 0.585. The first-order valence-electron chi connectivity index (χ1n) is 20.3. The molecule has 10 aromatic rings. The molecule has 0 radical (unpaired) electrons. The van der Waals surface area contributed by atoms with Crippen LogP contribution in [0.1, 0.15) is 75.1 Å². The lowest BCUT2D eigenvalue weighted by Crippen LogP contribution is -2.31. The van der Waals surface area contributed by atoms with Gasteiger partial charge in [0, 0.05) is 27.2 Å². The molecule has 0 saturated carbocycles. The summed E-state index contributed by atoms with van der Waals surface area (Å²) < 4.78 is 4.66. The number of pyridine rings is 1. The lowest BCUT2D eigenvalue weighted by atomic mass is 9.68. The third-order valence-corrected chi connectivity index (χ3v) is 12.6. The standard InChI is InChI=1S/C53H45N5/c1-51(2,3)33-25-27-37-38-28-26-34(52(4,5)6)31-44(38)53(43(37)30-33,35-15-13-16-36(29-35)57-45-20-10-9-19-41(45)42-32-54-56-50(42)57)48-23-14-24-49(55-48)58-46-21-11-7-17-39(46)40-18-8-12-22-47(40)58/h7-32H,1-6H3,(H,54,56). The van der Waals surface area contributed by atoms with E-state index in [0.717, 1.165) is 44.8 Å². The summed E-state index contributed by atoms with van der Waals surface area (Å²) in [5.74, 6) is 0.898. The molecule has 1 N–H and O–H groups in total. The van der Waals surface area contributed by atoms with Crippen LogP contribution >= 0.6 is 0 Å². The highest BCUT2D eigenvalue weighted by atomic mass is 15.2. The zero-order valence-corrected chi connectivity index (χ0v) is 33.8. The van der Waals surface area contributed by atoms with Crippen molar-refractivity contribution in [3.8, 4) is 22.6 Å². The molecular weight excluding hydrogens is 707 g/mol. The van der Waals surface area contributed by atoms with Crippen molar-refractivity contribution in [3.05, 3.63) is 191 Å². The first-order valence-corrected chi connectivity index (χ1v) is 20.3. The van der Waals surface area contributed by atoms with Gasteiger partial charge in [-0.1, -0.05) is 151 Å². The van der Waals surface area contributed by atoms with Crippen LogP contribution < -0.4 is 0 Å². The van der Waals surface area contributed by atoms with E-state index < -0.39 is 5.41 Å². The third kappa shape index (κ3) is 4.83. The van der Waals surface area contributed by atoms with Gasteiger partial charge in [0.15, 0.2) is 0 Å². The molecule has 0 aliphatic heterocycles. The molecule has 6 aromatic carbocycles. The topological polar surface area (TPSA) is 51.4 Å². The Bertz CT molecular complexity index is 3150. The second-order valence-corrected chi connectivity index (χ2v) is 18.1. The number of benzene rings is 6. The molecule has 4 heterocycles. The highest BCUT2D eigenvalue weighted by molar-refractivity contribution is 6.09. The lowest BCUT2D eigenvalue weighted by Gasteiger charge is -2.35. The van der Waals surface area contributed by atoms with Crippen LogP contribution in [0.4, 0.5) is 0 Å². The minimum Gasteiger partial charge on any atom is -0.294 e. The van der Waals surface area contributed by atoms with Gasteiger partial charge in [-0.25, -0.2) is 4.98 Å². The van der Waals surface area contributed by atoms with Crippen LogP contribution in [0.25, 0.3) is 66.4 Å². The van der Waals surface area contributed by atoms with E-state index in [4.69, 9.17) is 4.98 Å². The average Bonchev–Trinajstić information content (AvgIpc) is 3.98. The molecule has 1 aliphatic rings. The highest BCUT2D eigenvalue weighted by Gasteiger charge is 2.48. The molecule has 0 bridgehead atoms. The summed E-state index contributed by atoms with van der Waals surface area (Å²) >= 11 is 0. The number of aromatic amines is 1. The quantitative estimate of drug-likeness (QED) is 0.195. The summed E-state index contributed by atoms with van der Waals surface area (Å²) in [5.41, 5.74) is 14.4. The van der Waals surface area contributed by atoms with Gasteiger partial charge in [-0.3, -0.25) is 14.2 Å². The minimum absolute atomic E-state index is 0.0670. The maximum absolute atomic E-state index is 5.85. The number of H-pyrrole nitrogens is 1. The van der Waals surface area contributed by atoms with Gasteiger partial charge in [0.05, 0.1) is 33.9 Å². The number of hydrogen-bond acceptors (Lipinski definition) is 2. The fraction of sp³-hybridized carbons (Fsp3) is 0.170. The van der Waals surface area contributed by atoms with Gasteiger partial charge >= 0.3 is 0 Å². The van der Waals surface area contributed by atoms with Gasteiger partial charge in [0.1, 0.15) is 11.5 Å². The van der Waals surface area contributed by atoms with Crippen LogP contribution in [-0.2, 0) is 16.2 Å². The molecule has 4 aromatic heterocycles. The summed E-state index contributed by atoms with van der Waals surface area (Å²) in [6.45, 7) is 13.9. The third-order valence-electron chi connectivity index (χ3n) is 12.6. The van der Waals surface area contributed by atoms with Crippen molar-refractivity contribution in [2.24, 2.45) is 0 Å². The van der Waals surface area contributed by atoms with Crippen molar-refractivity contribution in [1.82, 2.24) is 24.3 Å². The monoisotopic (exact) mass is 751 g/mol. The summed E-state index contributed by atoms with van der Waals surface area (Å²) in [5, 5.41) is 12.6. The molecule has 1 aliphatic carbocycles. The molecule has 58 heavy (non-hydrogen) atoms. The molecule has 5 heteroatoms. The highest BCUT2D eigenvalue weighted by Crippen LogP contribution is 2.57. The number of hydrogen-bond donors (Lipinski definition) is 1. The van der Waals surface area contributed by atoms with E-state index in [9.17, 15) is 0 Å². The number of aromatic nitrogens is 5. The van der Waals surface area contributed by atoms with Gasteiger partial charge in [0.2, 0.25) is 0 Å². The Labute approximate surface area is 338 Å². The van der Waals surface area contributed by atoms with E-state index in [2.05, 4.69) is 213 Å². The van der Waals surface area contributed by atoms with Crippen LogP contribution in [0.15, 0.2) is 158 Å². The predicted molar refractivity (Wildman–Crippen MR) is 240 cm³/mol. The Hall–Kier alpha value is -6.72. The number of nitrogens with one attached hydrogen (secondary N) is 1. The molecule has 0 atom stereocenters. The van der Waals surface area contributed by atoms with Gasteiger partial charge in [-0.05, 0) is 92.2 Å². The molecule has 0 unspecified atom stereocenters. The fourth-order valence-electron chi connectivity index (χ4n) is 9.73. The Balaban J connectivity index is 1.27. The number of fused-ring (bicyclic) bond motifs is 9. The fourth-order valence-corrected chi connectivity index (χ4v) is 9.73. The maximum atomic E-state index is 5.85. The van der Waals surface area contributed by atoms with E-state index in [1.807, 2.05) is 6.20 Å². The van der Waals surface area contributed by atoms with E-state index in [-0.39, 0.29) is 10.8 Å². The SMILES string of the molecule is CC(C)(C)c1ccc2c(c1)C(c1cccc(-n3c4ccccc4c4cn[nH]c43)c1)(c1cccc(-n3c4ccccc4c4ccccc43)n1)c1cc(C(C)(C)C)ccc1-2. The largest absolute Gasteiger partial charge is 0.294 e. The normalized spacial score (nSPS) is 13.8. The van der Waals surface area contributed by atoms with Gasteiger partial charge in [-0.15, -0.1) is 0 Å². The second kappa shape index (κ2) is 12.1. The van der Waals surface area contributed by atoms with Crippen LogP contribution in [-0.4, -0.2) is 24.3 Å². The van der Waals surface area contributed by atoms with Crippen molar-refractivity contribution in [2.45, 2.75) is 57.8 Å². The number of nitrogens with zero attached hydrogens (tertiary/aromatic N) is 4. The Kier molecular flexibility index (Phi) is 7.23. The van der Waals surface area contributed by atoms with Gasteiger partial charge in [-0.2, -0.15) is 5.10 Å². The van der Waals surface area contributed by atoms with E-state index in [0.29, 0.717) is 0 Å². The van der Waals surface area contributed by atoms with E-state index in [1.54, 1.807) is 0 Å². The Morgan fingerprint density at radius 1 is 0.500 bits per heavy atom. The van der Waals surface area contributed by atoms with Crippen LogP contribution in [0.3, 0.4) is 0 Å². The second-order valence-electron chi connectivity index (χ2n) is 18.1. The van der Waals surface area contributed by atoms with Crippen molar-refractivity contribution in [3.63, 3.8) is 0 Å². The predicted octanol–water partition coefficient (Wildman–Crippen LogP) is 13.0. The zero-order chi connectivity index (χ0) is 39.6. The first-order chi connectivity index (χ1) is 28.0. The maximum Gasteiger partial charge on any atom is 0.141 e. The number of para-hydroxylation sites is 3. The van der Waals surface area contributed by atoms with Crippen LogP contribution in [0.5, 0.6) is 0 Å². The summed E-state index contributed by atoms with van der Waals surface area (Å²) in [4.78, 5) is 5.85. The van der Waals surface area contributed by atoms with Crippen molar-refractivity contribution in [1.29, 1.82) is 0 Å². The molecular formula is C53H45N5. The molecule has 282 valence electrons. The summed E-state index contributed by atoms with van der Waals surface area (Å²) in [7, 11) is 0. The molecule has 0 fully saturated rings. The molecule has 0 spiro atoms. The van der Waals surface area contributed by atoms with Gasteiger partial charge in [0.25, 0.3) is 0 Å². The Morgan fingerprint density at radius 3 is 1.62 bits per heavy atom.